The van der Waals surface area contributed by atoms with E-state index in [4.69, 9.17) is 37.0 Å². The van der Waals surface area contributed by atoms with Gasteiger partial charge in [-0.1, -0.05) is 287 Å². The summed E-state index contributed by atoms with van der Waals surface area (Å²) < 4.78 is 68.2. The monoisotopic (exact) mass is 1300 g/mol. The van der Waals surface area contributed by atoms with Crippen molar-refractivity contribution >= 4 is 39.5 Å². The summed E-state index contributed by atoms with van der Waals surface area (Å²) in [7, 11) is -9.90. The van der Waals surface area contributed by atoms with Crippen LogP contribution in [0.4, 0.5) is 0 Å². The SMILES string of the molecule is CCC(C)CCCCCCCCCCCCC(=O)O[C@H](COC(=O)CCCCCCCCC(C)CC)COP(=O)(O)OC[C@H](O)COP(=O)(O)OC[C@@H](COC(=O)CCCCCCCCCCC(C)CC)OC(=O)CCCCCCCCCCCC(C)C. The zero-order chi connectivity index (χ0) is 65.4. The van der Waals surface area contributed by atoms with Gasteiger partial charge in [-0.25, -0.2) is 9.13 Å². The predicted octanol–water partition coefficient (Wildman–Crippen LogP) is 19.3. The van der Waals surface area contributed by atoms with Gasteiger partial charge < -0.3 is 33.8 Å². The minimum absolute atomic E-state index is 0.104. The number of aliphatic hydroxyl groups is 1. The van der Waals surface area contributed by atoms with Crippen molar-refractivity contribution in [3.05, 3.63) is 0 Å². The lowest BCUT2D eigenvalue weighted by Gasteiger charge is -2.21. The molecule has 0 bridgehead atoms. The first-order chi connectivity index (χ1) is 42.2. The Morgan fingerprint density at radius 3 is 0.807 bits per heavy atom. The molecule has 8 atom stereocenters. The van der Waals surface area contributed by atoms with Crippen molar-refractivity contribution in [1.82, 2.24) is 0 Å². The summed E-state index contributed by atoms with van der Waals surface area (Å²) in [6, 6.07) is 0. The summed E-state index contributed by atoms with van der Waals surface area (Å²) in [6.45, 7) is 14.1. The number of ether oxygens (including phenoxy) is 4. The number of unbranched alkanes of at least 4 members (excludes halogenated alkanes) is 29. The van der Waals surface area contributed by atoms with Gasteiger partial charge >= 0.3 is 39.5 Å². The average molecular weight is 1300 g/mol. The molecule has 0 aliphatic rings. The van der Waals surface area contributed by atoms with E-state index in [0.717, 1.165) is 120 Å². The Labute approximate surface area is 537 Å². The fourth-order valence-corrected chi connectivity index (χ4v) is 11.8. The van der Waals surface area contributed by atoms with Crippen LogP contribution in [-0.2, 0) is 65.4 Å². The first kappa shape index (κ1) is 86.1. The van der Waals surface area contributed by atoms with E-state index < -0.39 is 97.5 Å². The van der Waals surface area contributed by atoms with Gasteiger partial charge in [-0.15, -0.1) is 0 Å². The van der Waals surface area contributed by atoms with Crippen molar-refractivity contribution in [3.63, 3.8) is 0 Å². The predicted molar refractivity (Wildman–Crippen MR) is 354 cm³/mol. The van der Waals surface area contributed by atoms with Gasteiger partial charge in [-0.2, -0.15) is 0 Å². The Kier molecular flexibility index (Phi) is 57.6. The molecule has 0 radical (unpaired) electrons. The van der Waals surface area contributed by atoms with Crippen LogP contribution in [0.5, 0.6) is 0 Å². The lowest BCUT2D eigenvalue weighted by Crippen LogP contribution is -2.30. The van der Waals surface area contributed by atoms with Gasteiger partial charge in [0.05, 0.1) is 26.4 Å². The summed E-state index contributed by atoms with van der Waals surface area (Å²) in [4.78, 5) is 72.5. The lowest BCUT2D eigenvalue weighted by molar-refractivity contribution is -0.161. The molecule has 5 unspecified atom stereocenters. The zero-order valence-corrected chi connectivity index (χ0v) is 59.1. The number of rotatable bonds is 66. The van der Waals surface area contributed by atoms with Crippen molar-refractivity contribution in [1.29, 1.82) is 0 Å². The summed E-state index contributed by atoms with van der Waals surface area (Å²) in [5.41, 5.74) is 0. The molecule has 0 aromatic carbocycles. The second kappa shape index (κ2) is 58.8. The van der Waals surface area contributed by atoms with E-state index in [1.165, 1.54) is 135 Å². The van der Waals surface area contributed by atoms with Crippen molar-refractivity contribution < 1.29 is 80.2 Å². The number of phosphoric acid groups is 2. The lowest BCUT2D eigenvalue weighted by atomic mass is 9.99. The molecule has 0 spiro atoms. The van der Waals surface area contributed by atoms with E-state index in [1.807, 2.05) is 0 Å². The van der Waals surface area contributed by atoms with Crippen LogP contribution in [0.25, 0.3) is 0 Å². The van der Waals surface area contributed by atoms with Crippen LogP contribution in [0.1, 0.15) is 338 Å². The van der Waals surface area contributed by atoms with Crippen molar-refractivity contribution in [2.45, 2.75) is 356 Å². The third kappa shape index (κ3) is 59.1. The molecule has 0 fully saturated rings. The highest BCUT2D eigenvalue weighted by molar-refractivity contribution is 7.47. The molecule has 19 heteroatoms. The first-order valence-electron chi connectivity index (χ1n) is 35.8. The zero-order valence-electron chi connectivity index (χ0n) is 57.3. The van der Waals surface area contributed by atoms with E-state index in [1.54, 1.807) is 0 Å². The van der Waals surface area contributed by atoms with Crippen LogP contribution < -0.4 is 0 Å². The molecular formula is C69H134O17P2. The molecule has 0 rings (SSSR count). The number of hydrogen-bond acceptors (Lipinski definition) is 15. The van der Waals surface area contributed by atoms with E-state index in [0.29, 0.717) is 25.7 Å². The Hall–Kier alpha value is -1.94. The van der Waals surface area contributed by atoms with E-state index in [2.05, 4.69) is 55.4 Å². The number of phosphoric ester groups is 2. The Morgan fingerprint density at radius 1 is 0.318 bits per heavy atom. The van der Waals surface area contributed by atoms with E-state index in [9.17, 15) is 43.2 Å². The number of aliphatic hydroxyl groups excluding tert-OH is 1. The molecular weight excluding hydrogens is 1160 g/mol. The fourth-order valence-electron chi connectivity index (χ4n) is 10.2. The van der Waals surface area contributed by atoms with Gasteiger partial charge in [-0.05, 0) is 49.4 Å². The molecule has 0 saturated heterocycles. The molecule has 0 saturated carbocycles. The van der Waals surface area contributed by atoms with E-state index in [-0.39, 0.29) is 25.7 Å². The van der Waals surface area contributed by atoms with Gasteiger partial charge in [0, 0.05) is 25.7 Å². The first-order valence-corrected chi connectivity index (χ1v) is 38.8. The third-order valence-corrected chi connectivity index (χ3v) is 18.8. The quantitative estimate of drug-likeness (QED) is 0.0222. The molecule has 0 heterocycles. The summed E-state index contributed by atoms with van der Waals surface area (Å²) in [5.74, 6) is 0.916. The van der Waals surface area contributed by atoms with Gasteiger partial charge in [0.15, 0.2) is 12.2 Å². The molecule has 0 aliphatic carbocycles. The Balaban J connectivity index is 5.28. The highest BCUT2D eigenvalue weighted by Crippen LogP contribution is 2.45. The number of carbonyl (C=O) groups excluding carboxylic acids is 4. The maximum absolute atomic E-state index is 13.0. The fraction of sp³-hybridized carbons (Fsp3) is 0.942. The van der Waals surface area contributed by atoms with Crippen molar-refractivity contribution in [3.8, 4) is 0 Å². The van der Waals surface area contributed by atoms with Crippen molar-refractivity contribution in [2.24, 2.45) is 23.7 Å². The van der Waals surface area contributed by atoms with Crippen LogP contribution >= 0.6 is 15.6 Å². The molecule has 88 heavy (non-hydrogen) atoms. The minimum Gasteiger partial charge on any atom is -0.462 e. The van der Waals surface area contributed by atoms with E-state index >= 15 is 0 Å². The summed E-state index contributed by atoms with van der Waals surface area (Å²) >= 11 is 0. The minimum atomic E-state index is -4.95. The topological polar surface area (TPSA) is 237 Å². The smallest absolute Gasteiger partial charge is 0.462 e. The molecule has 0 aromatic heterocycles. The van der Waals surface area contributed by atoms with Crippen LogP contribution in [0.2, 0.25) is 0 Å². The molecule has 0 amide bonds. The maximum Gasteiger partial charge on any atom is 0.472 e. The molecule has 522 valence electrons. The van der Waals surface area contributed by atoms with Gasteiger partial charge in [0.2, 0.25) is 0 Å². The largest absolute Gasteiger partial charge is 0.472 e. The number of esters is 4. The van der Waals surface area contributed by atoms with Gasteiger partial charge in [0.1, 0.15) is 19.3 Å². The third-order valence-electron chi connectivity index (χ3n) is 16.9. The number of carbonyl (C=O) groups is 4. The Bertz CT molecular complexity index is 1750. The molecule has 0 aliphatic heterocycles. The van der Waals surface area contributed by atoms with Crippen molar-refractivity contribution in [2.75, 3.05) is 39.6 Å². The second-order valence-corrected chi connectivity index (χ2v) is 29.0. The highest BCUT2D eigenvalue weighted by Gasteiger charge is 2.30. The maximum atomic E-state index is 13.0. The molecule has 17 nitrogen and oxygen atoms in total. The number of hydrogen-bond donors (Lipinski definition) is 3. The van der Waals surface area contributed by atoms with Crippen LogP contribution in [0.3, 0.4) is 0 Å². The highest BCUT2D eigenvalue weighted by atomic mass is 31.2. The average Bonchev–Trinajstić information content (AvgIpc) is 3.42. The normalized spacial score (nSPS) is 15.2. The van der Waals surface area contributed by atoms with Gasteiger partial charge in [0.25, 0.3) is 0 Å². The second-order valence-electron chi connectivity index (χ2n) is 26.1. The van der Waals surface area contributed by atoms with Gasteiger partial charge in [-0.3, -0.25) is 37.3 Å². The molecule has 0 aromatic rings. The summed E-state index contributed by atoms with van der Waals surface area (Å²) in [5, 5.41) is 10.6. The van der Waals surface area contributed by atoms with Crippen LogP contribution in [-0.4, -0.2) is 96.7 Å². The Morgan fingerprint density at radius 2 is 0.545 bits per heavy atom. The van der Waals surface area contributed by atoms with Crippen LogP contribution in [0, 0.1) is 23.7 Å². The summed E-state index contributed by atoms with van der Waals surface area (Å²) in [6.07, 6.45) is 40.2. The van der Waals surface area contributed by atoms with Crippen LogP contribution in [0.15, 0.2) is 0 Å². The standard InChI is InChI=1S/C69H134O17P2/c1-9-60(6)46-38-30-22-16-12-13-17-25-35-43-51-68(73)86-65(56-80-67(72)50-42-34-28-27-32-40-48-62(8)11-3)58-84-88(77,78)82-54-63(70)53-81-87(75,76)83-57-64(85-69(74)52-44-36-26-18-14-15-21-29-37-45-59(4)5)55-79-66(71)49-41-33-24-20-19-23-31-39-47-61(7)10-2/h59-65,70H,9-58H2,1-8H3,(H,75,76)(H,77,78)/t60?,61?,62?,63-,64-,65-/m1/s1. The molecule has 3 N–H and O–H groups in total.